The van der Waals surface area contributed by atoms with Gasteiger partial charge in [0.2, 0.25) is 0 Å². The fraction of sp³-hybridized carbons (Fsp3) is 0.278. The van der Waals surface area contributed by atoms with E-state index in [2.05, 4.69) is 24.3 Å². The summed E-state index contributed by atoms with van der Waals surface area (Å²) in [5.74, 6) is -0.197. The molecule has 3 nitrogen and oxygen atoms in total. The highest BCUT2D eigenvalue weighted by molar-refractivity contribution is 7.73. The Morgan fingerprint density at radius 1 is 1.00 bits per heavy atom. The molecule has 0 aliphatic heterocycles. The van der Waals surface area contributed by atoms with Crippen molar-refractivity contribution in [2.75, 3.05) is 12.8 Å². The Balaban J connectivity index is 2.14. The van der Waals surface area contributed by atoms with Gasteiger partial charge in [0.15, 0.2) is 0 Å². The summed E-state index contributed by atoms with van der Waals surface area (Å²) in [4.78, 5) is 12.2. The van der Waals surface area contributed by atoms with E-state index in [0.717, 1.165) is 0 Å². The van der Waals surface area contributed by atoms with Gasteiger partial charge in [-0.25, -0.2) is 0 Å². The molecule has 0 saturated heterocycles. The normalized spacial score (nSPS) is 11.5. The zero-order valence-corrected chi connectivity index (χ0v) is 13.9. The maximum atomic E-state index is 12.2. The van der Waals surface area contributed by atoms with Gasteiger partial charge in [0.1, 0.15) is 6.61 Å². The summed E-state index contributed by atoms with van der Waals surface area (Å²) < 4.78 is 5.33. The highest BCUT2D eigenvalue weighted by Crippen LogP contribution is 2.33. The maximum absolute atomic E-state index is 12.2. The largest absolute Gasteiger partial charge is 0.463 e. The number of benzene rings is 2. The lowest BCUT2D eigenvalue weighted by molar-refractivity contribution is -0.141. The molecule has 0 heterocycles. The van der Waals surface area contributed by atoms with E-state index in [4.69, 9.17) is 10.5 Å². The Morgan fingerprint density at radius 3 is 1.86 bits per heavy atom. The molecule has 4 heteroatoms. The van der Waals surface area contributed by atoms with Gasteiger partial charge in [-0.2, -0.15) is 0 Å². The molecule has 0 atom stereocenters. The molecular formula is C18H22NO2P. The van der Waals surface area contributed by atoms with Crippen molar-refractivity contribution in [2.45, 2.75) is 19.4 Å². The van der Waals surface area contributed by atoms with Crippen molar-refractivity contribution < 1.29 is 9.53 Å². The number of nitrogens with two attached hydrogens (primary N) is 1. The fourth-order valence-corrected chi connectivity index (χ4v) is 4.07. The van der Waals surface area contributed by atoms with E-state index < -0.39 is 13.5 Å². The number of ether oxygens (including phenoxy) is 1. The third-order valence-electron chi connectivity index (χ3n) is 3.03. The first-order chi connectivity index (χ1) is 10.5. The summed E-state index contributed by atoms with van der Waals surface area (Å²) in [7, 11) is -0.753. The van der Waals surface area contributed by atoms with Crippen LogP contribution >= 0.6 is 7.92 Å². The molecule has 2 rings (SSSR count). The number of hydrogen-bond donors (Lipinski definition) is 1. The van der Waals surface area contributed by atoms with Crippen LogP contribution in [0.25, 0.3) is 0 Å². The van der Waals surface area contributed by atoms with Gasteiger partial charge >= 0.3 is 5.97 Å². The summed E-state index contributed by atoms with van der Waals surface area (Å²) in [6.45, 7) is 3.92. The van der Waals surface area contributed by atoms with Crippen molar-refractivity contribution in [1.29, 1.82) is 0 Å². The number of hydrogen-bond acceptors (Lipinski definition) is 3. The molecule has 0 unspecified atom stereocenters. The van der Waals surface area contributed by atoms with E-state index in [1.807, 2.05) is 50.2 Å². The second-order valence-electron chi connectivity index (χ2n) is 5.91. The van der Waals surface area contributed by atoms with Crippen LogP contribution in [0.5, 0.6) is 0 Å². The molecule has 2 N–H and O–H groups in total. The first kappa shape index (κ1) is 16.7. The Labute approximate surface area is 133 Å². The molecule has 2 aromatic carbocycles. The molecule has 116 valence electrons. The standard InChI is InChI=1S/C18H22NO2P/c1-18(2,19)14-21-17(20)13-22(15-9-5-3-6-10-15)16-11-7-4-8-12-16/h3-12H,13-14,19H2,1-2H3. The minimum atomic E-state index is -0.753. The van der Waals surface area contributed by atoms with Crippen LogP contribution in [0.2, 0.25) is 0 Å². The van der Waals surface area contributed by atoms with Crippen LogP contribution in [0.3, 0.4) is 0 Å². The summed E-state index contributed by atoms with van der Waals surface area (Å²) in [6, 6.07) is 20.2. The van der Waals surface area contributed by atoms with Gasteiger partial charge in [0.25, 0.3) is 0 Å². The minimum absolute atomic E-state index is 0.197. The maximum Gasteiger partial charge on any atom is 0.310 e. The first-order valence-electron chi connectivity index (χ1n) is 7.28. The van der Waals surface area contributed by atoms with Crippen LogP contribution in [0.1, 0.15) is 13.8 Å². The zero-order chi connectivity index (χ0) is 16.0. The SMILES string of the molecule is CC(C)(N)COC(=O)CP(c1ccccc1)c1ccccc1. The lowest BCUT2D eigenvalue weighted by Crippen LogP contribution is -2.38. The van der Waals surface area contributed by atoms with Gasteiger partial charge in [-0.1, -0.05) is 60.7 Å². The summed E-state index contributed by atoms with van der Waals surface area (Å²) in [6.07, 6.45) is 0.374. The van der Waals surface area contributed by atoms with Gasteiger partial charge in [0, 0.05) is 5.54 Å². The van der Waals surface area contributed by atoms with E-state index in [-0.39, 0.29) is 12.6 Å². The van der Waals surface area contributed by atoms with Gasteiger partial charge in [-0.05, 0) is 32.4 Å². The number of esters is 1. The predicted octanol–water partition coefficient (Wildman–Crippen LogP) is 2.40. The van der Waals surface area contributed by atoms with Crippen molar-refractivity contribution in [3.8, 4) is 0 Å². The quantitative estimate of drug-likeness (QED) is 0.658. The van der Waals surface area contributed by atoms with E-state index in [1.165, 1.54) is 10.6 Å². The molecule has 0 aliphatic carbocycles. The van der Waals surface area contributed by atoms with E-state index >= 15 is 0 Å². The molecule has 0 spiro atoms. The minimum Gasteiger partial charge on any atom is -0.463 e. The summed E-state index contributed by atoms with van der Waals surface area (Å²) in [5, 5.41) is 2.35. The van der Waals surface area contributed by atoms with Crippen LogP contribution in [-0.2, 0) is 9.53 Å². The van der Waals surface area contributed by atoms with Crippen LogP contribution in [-0.4, -0.2) is 24.3 Å². The smallest absolute Gasteiger partial charge is 0.310 e. The Kier molecular flexibility index (Phi) is 5.70. The Morgan fingerprint density at radius 2 is 1.45 bits per heavy atom. The molecular weight excluding hydrogens is 293 g/mol. The molecule has 0 saturated carbocycles. The fourth-order valence-electron chi connectivity index (χ4n) is 1.99. The van der Waals surface area contributed by atoms with Crippen LogP contribution in [0, 0.1) is 0 Å². The van der Waals surface area contributed by atoms with Gasteiger partial charge in [0.05, 0.1) is 6.16 Å². The Bertz CT molecular complexity index is 554. The Hall–Kier alpha value is -1.70. The number of carbonyl (C=O) groups excluding carboxylic acids is 1. The van der Waals surface area contributed by atoms with Crippen molar-refractivity contribution in [1.82, 2.24) is 0 Å². The van der Waals surface area contributed by atoms with Crippen LogP contribution in [0.4, 0.5) is 0 Å². The molecule has 22 heavy (non-hydrogen) atoms. The van der Waals surface area contributed by atoms with Gasteiger partial charge < -0.3 is 10.5 Å². The summed E-state index contributed by atoms with van der Waals surface area (Å²) in [5.41, 5.74) is 5.36. The zero-order valence-electron chi connectivity index (χ0n) is 13.0. The van der Waals surface area contributed by atoms with Crippen molar-refractivity contribution >= 4 is 24.5 Å². The monoisotopic (exact) mass is 315 g/mol. The molecule has 2 aromatic rings. The highest BCUT2D eigenvalue weighted by atomic mass is 31.1. The topological polar surface area (TPSA) is 52.3 Å². The number of carbonyl (C=O) groups is 1. The third kappa shape index (κ3) is 5.25. The molecule has 0 amide bonds. The highest BCUT2D eigenvalue weighted by Gasteiger charge is 2.20. The third-order valence-corrected chi connectivity index (χ3v) is 5.45. The second-order valence-corrected chi connectivity index (χ2v) is 8.11. The predicted molar refractivity (Wildman–Crippen MR) is 93.2 cm³/mol. The van der Waals surface area contributed by atoms with E-state index in [1.54, 1.807) is 0 Å². The van der Waals surface area contributed by atoms with Crippen LogP contribution < -0.4 is 16.3 Å². The van der Waals surface area contributed by atoms with Crippen molar-refractivity contribution in [3.05, 3.63) is 60.7 Å². The molecule has 0 aliphatic rings. The average Bonchev–Trinajstić information content (AvgIpc) is 2.52. The van der Waals surface area contributed by atoms with Gasteiger partial charge in [-0.3, -0.25) is 4.79 Å². The lowest BCUT2D eigenvalue weighted by atomic mass is 10.1. The van der Waals surface area contributed by atoms with Crippen LogP contribution in [0.15, 0.2) is 60.7 Å². The first-order valence-corrected chi connectivity index (χ1v) is 8.80. The van der Waals surface area contributed by atoms with E-state index in [9.17, 15) is 4.79 Å². The molecule has 0 aromatic heterocycles. The number of rotatable bonds is 6. The van der Waals surface area contributed by atoms with Crippen molar-refractivity contribution in [3.63, 3.8) is 0 Å². The summed E-state index contributed by atoms with van der Waals surface area (Å²) >= 11 is 0. The van der Waals surface area contributed by atoms with Crippen molar-refractivity contribution in [2.24, 2.45) is 5.73 Å². The molecule has 0 fully saturated rings. The van der Waals surface area contributed by atoms with Gasteiger partial charge in [-0.15, -0.1) is 0 Å². The second kappa shape index (κ2) is 7.53. The lowest BCUT2D eigenvalue weighted by Gasteiger charge is -2.21. The molecule has 0 radical (unpaired) electrons. The average molecular weight is 315 g/mol. The van der Waals surface area contributed by atoms with E-state index in [0.29, 0.717) is 6.16 Å². The molecule has 0 bridgehead atoms.